The van der Waals surface area contributed by atoms with E-state index >= 15 is 0 Å². The number of nitrogens with zero attached hydrogens (tertiary/aromatic N) is 2. The average Bonchev–Trinajstić information content (AvgIpc) is 2.73. The van der Waals surface area contributed by atoms with Crippen LogP contribution in [0.2, 0.25) is 0 Å². The van der Waals surface area contributed by atoms with Crippen molar-refractivity contribution in [3.05, 3.63) is 53.8 Å². The van der Waals surface area contributed by atoms with Gasteiger partial charge in [-0.15, -0.1) is 0 Å². The second kappa shape index (κ2) is 10.2. The van der Waals surface area contributed by atoms with Crippen molar-refractivity contribution in [3.63, 3.8) is 0 Å². The Morgan fingerprint density at radius 2 is 1.84 bits per heavy atom. The topological polar surface area (TPSA) is 105 Å². The number of hydrogen-bond acceptors (Lipinski definition) is 6. The Balaban J connectivity index is 1.42. The van der Waals surface area contributed by atoms with E-state index in [1.165, 1.54) is 31.4 Å². The third-order valence-corrected chi connectivity index (χ3v) is 6.10. The van der Waals surface area contributed by atoms with Gasteiger partial charge < -0.3 is 15.0 Å². The Labute approximate surface area is 181 Å². The molecule has 1 fully saturated rings. The predicted molar refractivity (Wildman–Crippen MR) is 116 cm³/mol. The summed E-state index contributed by atoms with van der Waals surface area (Å²) in [5.41, 5.74) is 1.29. The first kappa shape index (κ1) is 23.1. The molecular weight excluding hydrogens is 423 g/mol. The van der Waals surface area contributed by atoms with E-state index in [0.717, 1.165) is 31.7 Å². The molecule has 0 unspecified atom stereocenters. The number of primary sulfonamides is 1. The lowest BCUT2D eigenvalue weighted by Crippen LogP contribution is -2.46. The second-order valence-electron chi connectivity index (χ2n) is 7.46. The third kappa shape index (κ3) is 6.73. The van der Waals surface area contributed by atoms with Gasteiger partial charge in [0, 0.05) is 51.4 Å². The number of methoxy groups -OCH3 is 1. The monoisotopic (exact) mass is 450 g/mol. The molecule has 168 valence electrons. The van der Waals surface area contributed by atoms with Gasteiger partial charge in [0.2, 0.25) is 15.9 Å². The molecule has 1 saturated heterocycles. The number of carbonyl (C=O) groups excluding carboxylic acids is 1. The van der Waals surface area contributed by atoms with Crippen LogP contribution in [0.15, 0.2) is 47.4 Å². The first-order chi connectivity index (χ1) is 14.7. The van der Waals surface area contributed by atoms with Crippen molar-refractivity contribution in [1.29, 1.82) is 0 Å². The number of piperazine rings is 1. The van der Waals surface area contributed by atoms with Crippen LogP contribution >= 0.6 is 0 Å². The van der Waals surface area contributed by atoms with Gasteiger partial charge in [-0.05, 0) is 35.9 Å². The quantitative estimate of drug-likeness (QED) is 0.633. The number of carbonyl (C=O) groups is 1. The lowest BCUT2D eigenvalue weighted by molar-refractivity contribution is -0.116. The van der Waals surface area contributed by atoms with Crippen LogP contribution in [0, 0.1) is 5.82 Å². The summed E-state index contributed by atoms with van der Waals surface area (Å²) in [6, 6.07) is 10.9. The van der Waals surface area contributed by atoms with Gasteiger partial charge in [0.05, 0.1) is 12.0 Å². The standard InChI is InChI=1S/C21H27FN4O4S/c1-30-20-6-5-16(13-19(20)22)15-26-11-9-25(10-12-26)8-7-21(27)24-17-3-2-4-18(14-17)31(23,28)29/h2-6,13-14H,7-12,15H2,1H3,(H,24,27)(H2,23,28,29). The van der Waals surface area contributed by atoms with Crippen LogP contribution in [-0.4, -0.2) is 64.0 Å². The van der Waals surface area contributed by atoms with E-state index in [2.05, 4.69) is 15.1 Å². The van der Waals surface area contributed by atoms with Crippen LogP contribution in [0.3, 0.4) is 0 Å². The Morgan fingerprint density at radius 1 is 1.13 bits per heavy atom. The van der Waals surface area contributed by atoms with Gasteiger partial charge in [-0.3, -0.25) is 9.69 Å². The van der Waals surface area contributed by atoms with Gasteiger partial charge in [0.15, 0.2) is 11.6 Å². The molecule has 31 heavy (non-hydrogen) atoms. The molecule has 0 spiro atoms. The maximum Gasteiger partial charge on any atom is 0.238 e. The van der Waals surface area contributed by atoms with Gasteiger partial charge >= 0.3 is 0 Å². The van der Waals surface area contributed by atoms with Crippen LogP contribution in [0.4, 0.5) is 10.1 Å². The maximum atomic E-state index is 13.9. The van der Waals surface area contributed by atoms with Crippen molar-refractivity contribution >= 4 is 21.6 Å². The minimum absolute atomic E-state index is 0.0434. The normalized spacial score (nSPS) is 15.6. The number of sulfonamides is 1. The number of amides is 1. The zero-order chi connectivity index (χ0) is 22.4. The Morgan fingerprint density at radius 3 is 2.48 bits per heavy atom. The number of hydrogen-bond donors (Lipinski definition) is 2. The van der Waals surface area contributed by atoms with Crippen LogP contribution in [0.1, 0.15) is 12.0 Å². The highest BCUT2D eigenvalue weighted by Gasteiger charge is 2.18. The number of ether oxygens (including phenoxy) is 1. The predicted octanol–water partition coefficient (Wildman–Crippen LogP) is 1.63. The molecule has 2 aromatic carbocycles. The minimum atomic E-state index is -3.82. The number of anilines is 1. The summed E-state index contributed by atoms with van der Waals surface area (Å²) in [4.78, 5) is 16.6. The van der Waals surface area contributed by atoms with E-state index in [1.807, 2.05) is 6.07 Å². The lowest BCUT2D eigenvalue weighted by atomic mass is 10.1. The molecule has 0 aromatic heterocycles. The molecule has 1 aliphatic rings. The molecule has 2 aromatic rings. The molecule has 3 N–H and O–H groups in total. The van der Waals surface area contributed by atoms with Crippen molar-refractivity contribution in [3.8, 4) is 5.75 Å². The zero-order valence-electron chi connectivity index (χ0n) is 17.4. The summed E-state index contributed by atoms with van der Waals surface area (Å²) < 4.78 is 41.6. The summed E-state index contributed by atoms with van der Waals surface area (Å²) in [5.74, 6) is -0.315. The van der Waals surface area contributed by atoms with E-state index in [4.69, 9.17) is 9.88 Å². The number of halogens is 1. The number of nitrogens with one attached hydrogen (secondary N) is 1. The molecule has 0 bridgehead atoms. The van der Waals surface area contributed by atoms with Crippen LogP contribution < -0.4 is 15.2 Å². The van der Waals surface area contributed by atoms with Crippen LogP contribution in [0.25, 0.3) is 0 Å². The second-order valence-corrected chi connectivity index (χ2v) is 9.02. The molecule has 1 amide bonds. The molecular formula is C21H27FN4O4S. The van der Waals surface area contributed by atoms with Crippen LogP contribution in [0.5, 0.6) is 5.75 Å². The van der Waals surface area contributed by atoms with E-state index in [0.29, 0.717) is 25.2 Å². The fraction of sp³-hybridized carbons (Fsp3) is 0.381. The molecule has 3 rings (SSSR count). The maximum absolute atomic E-state index is 13.9. The van der Waals surface area contributed by atoms with Gasteiger partial charge in [-0.1, -0.05) is 12.1 Å². The Kier molecular flexibility index (Phi) is 7.60. The first-order valence-corrected chi connectivity index (χ1v) is 11.5. The summed E-state index contributed by atoms with van der Waals surface area (Å²) in [7, 11) is -2.37. The largest absolute Gasteiger partial charge is 0.494 e. The van der Waals surface area contributed by atoms with Gasteiger partial charge in [-0.2, -0.15) is 0 Å². The van der Waals surface area contributed by atoms with Gasteiger partial charge in [0.1, 0.15) is 0 Å². The summed E-state index contributed by atoms with van der Waals surface area (Å²) in [5, 5.41) is 7.83. The highest BCUT2D eigenvalue weighted by molar-refractivity contribution is 7.89. The highest BCUT2D eigenvalue weighted by atomic mass is 32.2. The van der Waals surface area contributed by atoms with Gasteiger partial charge in [-0.25, -0.2) is 17.9 Å². The lowest BCUT2D eigenvalue weighted by Gasteiger charge is -2.34. The van der Waals surface area contributed by atoms with Crippen molar-refractivity contribution in [2.45, 2.75) is 17.9 Å². The van der Waals surface area contributed by atoms with E-state index < -0.39 is 10.0 Å². The first-order valence-electron chi connectivity index (χ1n) is 9.94. The Hall–Kier alpha value is -2.53. The number of rotatable bonds is 8. The average molecular weight is 451 g/mol. The van der Waals surface area contributed by atoms with Gasteiger partial charge in [0.25, 0.3) is 0 Å². The molecule has 1 aliphatic heterocycles. The fourth-order valence-corrected chi connectivity index (χ4v) is 4.03. The minimum Gasteiger partial charge on any atom is -0.494 e. The Bertz CT molecular complexity index is 1020. The van der Waals surface area contributed by atoms with Crippen molar-refractivity contribution in [2.24, 2.45) is 5.14 Å². The van der Waals surface area contributed by atoms with Crippen LogP contribution in [-0.2, 0) is 21.4 Å². The molecule has 0 radical (unpaired) electrons. The molecule has 8 nitrogen and oxygen atoms in total. The van der Waals surface area contributed by atoms with E-state index in [-0.39, 0.29) is 22.4 Å². The van der Waals surface area contributed by atoms with Crippen molar-refractivity contribution in [1.82, 2.24) is 9.80 Å². The number of benzene rings is 2. The highest BCUT2D eigenvalue weighted by Crippen LogP contribution is 2.19. The summed E-state index contributed by atoms with van der Waals surface area (Å²) >= 11 is 0. The molecule has 0 atom stereocenters. The van der Waals surface area contributed by atoms with Crippen molar-refractivity contribution < 1.29 is 22.3 Å². The number of nitrogens with two attached hydrogens (primary N) is 1. The summed E-state index contributed by atoms with van der Waals surface area (Å²) in [6.45, 7) is 4.54. The van der Waals surface area contributed by atoms with E-state index in [9.17, 15) is 17.6 Å². The SMILES string of the molecule is COc1ccc(CN2CCN(CCC(=O)Nc3cccc(S(N)(=O)=O)c3)CC2)cc1F. The third-order valence-electron chi connectivity index (χ3n) is 5.19. The molecule has 1 heterocycles. The molecule has 0 saturated carbocycles. The molecule has 0 aliphatic carbocycles. The zero-order valence-corrected chi connectivity index (χ0v) is 18.2. The fourth-order valence-electron chi connectivity index (χ4n) is 3.47. The van der Waals surface area contributed by atoms with Crippen molar-refractivity contribution in [2.75, 3.05) is 45.2 Å². The van der Waals surface area contributed by atoms with E-state index in [1.54, 1.807) is 12.1 Å². The smallest absolute Gasteiger partial charge is 0.238 e. The molecule has 10 heteroatoms. The summed E-state index contributed by atoms with van der Waals surface area (Å²) in [6.07, 6.45) is 0.295.